The number of nitriles is 1. The Morgan fingerprint density at radius 3 is 2.77 bits per heavy atom. The van der Waals surface area contributed by atoms with Crippen molar-refractivity contribution in [2.75, 3.05) is 19.7 Å². The zero-order valence-corrected chi connectivity index (χ0v) is 21.8. The predicted octanol–water partition coefficient (Wildman–Crippen LogP) is 5.03. The summed E-state index contributed by atoms with van der Waals surface area (Å²) in [6, 6.07) is 17.8. The lowest BCUT2D eigenvalue weighted by Gasteiger charge is -2.31. The van der Waals surface area contributed by atoms with Gasteiger partial charge in [-0.2, -0.15) is 5.26 Å². The largest absolute Gasteiger partial charge is 0.473 e. The number of imidazole rings is 1. The highest BCUT2D eigenvalue weighted by Crippen LogP contribution is 2.29. The van der Waals surface area contributed by atoms with Gasteiger partial charge in [-0.3, -0.25) is 9.69 Å². The van der Waals surface area contributed by atoms with Crippen LogP contribution >= 0.6 is 0 Å². The van der Waals surface area contributed by atoms with Crippen molar-refractivity contribution in [1.82, 2.24) is 19.9 Å². The number of hydrogen-bond acceptors (Lipinski definition) is 7. The molecule has 8 nitrogen and oxygen atoms in total. The van der Waals surface area contributed by atoms with Crippen molar-refractivity contribution in [3.05, 3.63) is 88.6 Å². The van der Waals surface area contributed by atoms with Gasteiger partial charge in [0.05, 0.1) is 42.2 Å². The minimum absolute atomic E-state index is 0.0499. The normalized spacial score (nSPS) is 14.3. The molecule has 1 aliphatic rings. The van der Waals surface area contributed by atoms with Crippen molar-refractivity contribution >= 4 is 17.0 Å². The monoisotopic (exact) mass is 527 g/mol. The molecule has 0 bridgehead atoms. The van der Waals surface area contributed by atoms with Crippen LogP contribution in [0, 0.1) is 17.1 Å². The van der Waals surface area contributed by atoms with Crippen molar-refractivity contribution in [2.45, 2.75) is 45.3 Å². The van der Waals surface area contributed by atoms with Gasteiger partial charge in [0.15, 0.2) is 0 Å². The highest BCUT2D eigenvalue weighted by molar-refractivity contribution is 5.79. The predicted molar refractivity (Wildman–Crippen MR) is 143 cm³/mol. The molecule has 1 aliphatic heterocycles. The van der Waals surface area contributed by atoms with E-state index in [-0.39, 0.29) is 24.6 Å². The van der Waals surface area contributed by atoms with Crippen LogP contribution in [0.1, 0.15) is 53.9 Å². The van der Waals surface area contributed by atoms with Crippen LogP contribution < -0.4 is 4.74 Å². The summed E-state index contributed by atoms with van der Waals surface area (Å²) in [7, 11) is 0. The molecule has 0 radical (unpaired) electrons. The number of H-pyrrole nitrogens is 1. The van der Waals surface area contributed by atoms with Crippen LogP contribution in [0.3, 0.4) is 0 Å². The molecule has 2 aromatic carbocycles. The third-order valence-corrected chi connectivity index (χ3v) is 6.93. The summed E-state index contributed by atoms with van der Waals surface area (Å²) in [4.78, 5) is 27.0. The number of likely N-dealkylation sites (tertiary alicyclic amines) is 1. The molecule has 3 heterocycles. The third-order valence-electron chi connectivity index (χ3n) is 6.93. The van der Waals surface area contributed by atoms with E-state index in [2.05, 4.69) is 14.9 Å². The van der Waals surface area contributed by atoms with Crippen LogP contribution in [0.5, 0.6) is 5.88 Å². The van der Waals surface area contributed by atoms with E-state index in [0.29, 0.717) is 24.0 Å². The number of hydrogen-bond donors (Lipinski definition) is 1. The van der Waals surface area contributed by atoms with Gasteiger partial charge in [0.2, 0.25) is 5.88 Å². The zero-order chi connectivity index (χ0) is 27.2. The number of pyridine rings is 1. The number of piperidine rings is 1. The number of nitrogens with one attached hydrogen (secondary N) is 1. The molecule has 1 N–H and O–H groups in total. The lowest BCUT2D eigenvalue weighted by atomic mass is 9.93. The number of halogens is 1. The Balaban J connectivity index is 1.15. The van der Waals surface area contributed by atoms with Gasteiger partial charge in [0, 0.05) is 23.2 Å². The standard InChI is InChI=1S/C30H30FN5O3/c1-2-38-30(37)16-20-7-9-26-27(15-20)34-28(33-26)18-36-12-10-22(11-13-36)25-4-3-5-29(35-25)39-19-23-8-6-21(17-32)14-24(23)31/h3-9,14-15,22H,2,10-13,16,18-19H2,1H3,(H,33,34). The maximum absolute atomic E-state index is 14.2. The molecule has 0 amide bonds. The zero-order valence-electron chi connectivity index (χ0n) is 21.8. The summed E-state index contributed by atoms with van der Waals surface area (Å²) >= 11 is 0. The second-order valence-corrected chi connectivity index (χ2v) is 9.67. The first-order valence-electron chi connectivity index (χ1n) is 13.1. The summed E-state index contributed by atoms with van der Waals surface area (Å²) < 4.78 is 25.0. The molecular weight excluding hydrogens is 497 g/mol. The molecule has 5 rings (SSSR count). The van der Waals surface area contributed by atoms with Gasteiger partial charge >= 0.3 is 5.97 Å². The number of aromatic nitrogens is 3. The van der Waals surface area contributed by atoms with Crippen molar-refractivity contribution in [3.8, 4) is 11.9 Å². The van der Waals surface area contributed by atoms with Crippen molar-refractivity contribution in [2.24, 2.45) is 0 Å². The highest BCUT2D eigenvalue weighted by Gasteiger charge is 2.23. The fraction of sp³-hybridized carbons (Fsp3) is 0.333. The molecule has 0 saturated carbocycles. The molecule has 0 aliphatic carbocycles. The second kappa shape index (κ2) is 12.0. The average Bonchev–Trinajstić information content (AvgIpc) is 3.34. The van der Waals surface area contributed by atoms with Crippen LogP contribution in [-0.4, -0.2) is 45.5 Å². The Kier molecular flexibility index (Phi) is 8.13. The number of aromatic amines is 1. The Bertz CT molecular complexity index is 1500. The molecule has 39 heavy (non-hydrogen) atoms. The lowest BCUT2D eigenvalue weighted by Crippen LogP contribution is -2.33. The number of carbonyl (C=O) groups excluding carboxylic acids is 1. The lowest BCUT2D eigenvalue weighted by molar-refractivity contribution is -0.142. The smallest absolute Gasteiger partial charge is 0.310 e. The number of carbonyl (C=O) groups is 1. The summed E-state index contributed by atoms with van der Waals surface area (Å²) in [5.41, 5.74) is 4.35. The summed E-state index contributed by atoms with van der Waals surface area (Å²) in [6.45, 7) is 4.79. The molecule has 2 aromatic heterocycles. The number of fused-ring (bicyclic) bond motifs is 1. The molecule has 1 fully saturated rings. The first-order valence-corrected chi connectivity index (χ1v) is 13.1. The Morgan fingerprint density at radius 2 is 2.00 bits per heavy atom. The molecule has 4 aromatic rings. The third kappa shape index (κ3) is 6.59. The van der Waals surface area contributed by atoms with E-state index in [1.165, 1.54) is 6.07 Å². The van der Waals surface area contributed by atoms with E-state index in [9.17, 15) is 9.18 Å². The number of nitrogens with zero attached hydrogens (tertiary/aromatic N) is 4. The van der Waals surface area contributed by atoms with E-state index >= 15 is 0 Å². The van der Waals surface area contributed by atoms with Crippen molar-refractivity contribution in [3.63, 3.8) is 0 Å². The molecule has 0 spiro atoms. The molecular formula is C30H30FN5O3. The number of esters is 1. The van der Waals surface area contributed by atoms with Crippen LogP contribution in [-0.2, 0) is 29.1 Å². The van der Waals surface area contributed by atoms with Crippen LogP contribution in [0.15, 0.2) is 54.6 Å². The van der Waals surface area contributed by atoms with Gasteiger partial charge in [-0.1, -0.05) is 18.2 Å². The fourth-order valence-corrected chi connectivity index (χ4v) is 4.90. The van der Waals surface area contributed by atoms with E-state index < -0.39 is 5.82 Å². The van der Waals surface area contributed by atoms with Gasteiger partial charge < -0.3 is 14.5 Å². The first-order chi connectivity index (χ1) is 19.0. The molecule has 200 valence electrons. The van der Waals surface area contributed by atoms with E-state index in [1.54, 1.807) is 25.1 Å². The van der Waals surface area contributed by atoms with Crippen LogP contribution in [0.4, 0.5) is 4.39 Å². The van der Waals surface area contributed by atoms with Gasteiger partial charge in [0.25, 0.3) is 0 Å². The summed E-state index contributed by atoms with van der Waals surface area (Å²) in [6.07, 6.45) is 2.17. The van der Waals surface area contributed by atoms with Crippen molar-refractivity contribution < 1.29 is 18.7 Å². The first kappa shape index (κ1) is 26.3. The van der Waals surface area contributed by atoms with Gasteiger partial charge in [-0.15, -0.1) is 0 Å². The van der Waals surface area contributed by atoms with E-state index in [1.807, 2.05) is 36.4 Å². The molecule has 0 unspecified atom stereocenters. The number of rotatable bonds is 9. The second-order valence-electron chi connectivity index (χ2n) is 9.67. The average molecular weight is 528 g/mol. The quantitative estimate of drug-likeness (QED) is 0.304. The molecule has 0 atom stereocenters. The van der Waals surface area contributed by atoms with E-state index in [0.717, 1.165) is 60.6 Å². The maximum Gasteiger partial charge on any atom is 0.310 e. The summed E-state index contributed by atoms with van der Waals surface area (Å²) in [5.74, 6) is 0.992. The van der Waals surface area contributed by atoms with E-state index in [4.69, 9.17) is 19.7 Å². The fourth-order valence-electron chi connectivity index (χ4n) is 4.90. The van der Waals surface area contributed by atoms with Crippen LogP contribution in [0.2, 0.25) is 0 Å². The Labute approximate surface area is 226 Å². The SMILES string of the molecule is CCOC(=O)Cc1ccc2nc(CN3CCC(c4cccc(OCc5ccc(C#N)cc5F)n4)CC3)[nH]c2c1. The Morgan fingerprint density at radius 1 is 1.15 bits per heavy atom. The topological polar surface area (TPSA) is 104 Å². The Hall–Kier alpha value is -4.29. The minimum Gasteiger partial charge on any atom is -0.473 e. The van der Waals surface area contributed by atoms with Crippen molar-refractivity contribution in [1.29, 1.82) is 5.26 Å². The highest BCUT2D eigenvalue weighted by atomic mass is 19.1. The maximum atomic E-state index is 14.2. The van der Waals surface area contributed by atoms with Gasteiger partial charge in [-0.05, 0) is 68.8 Å². The number of benzene rings is 2. The minimum atomic E-state index is -0.459. The molecule has 9 heteroatoms. The van der Waals surface area contributed by atoms with Gasteiger partial charge in [0.1, 0.15) is 18.2 Å². The molecule has 1 saturated heterocycles. The number of ether oxygens (including phenoxy) is 2. The van der Waals surface area contributed by atoms with Crippen LogP contribution in [0.25, 0.3) is 11.0 Å². The van der Waals surface area contributed by atoms with Gasteiger partial charge in [-0.25, -0.2) is 14.4 Å². The summed E-state index contributed by atoms with van der Waals surface area (Å²) in [5, 5.41) is 8.90.